The maximum absolute atomic E-state index is 12.8. The molecular weight excluding hydrogens is 364 g/mol. The molecule has 6 nitrogen and oxygen atoms in total. The highest BCUT2D eigenvalue weighted by Crippen LogP contribution is 2.36. The van der Waals surface area contributed by atoms with Gasteiger partial charge >= 0.3 is 6.61 Å². The van der Waals surface area contributed by atoms with Crippen LogP contribution in [0.15, 0.2) is 54.6 Å². The van der Waals surface area contributed by atoms with Crippen LogP contribution in [0.25, 0.3) is 5.70 Å². The summed E-state index contributed by atoms with van der Waals surface area (Å²) in [5, 5.41) is 15.3. The Kier molecular flexibility index (Phi) is 4.26. The van der Waals surface area contributed by atoms with Gasteiger partial charge in [-0.05, 0) is 40.3 Å². The lowest BCUT2D eigenvalue weighted by atomic mass is 10.0. The van der Waals surface area contributed by atoms with Gasteiger partial charge in [-0.1, -0.05) is 47.0 Å². The number of para-hydroxylation sites is 1. The van der Waals surface area contributed by atoms with Crippen LogP contribution in [0.4, 0.5) is 14.7 Å². The summed E-state index contributed by atoms with van der Waals surface area (Å²) in [5.74, 6) is 0.469. The zero-order chi connectivity index (χ0) is 18.1. The number of halogens is 3. The molecule has 0 fully saturated rings. The number of aromatic nitrogens is 4. The molecule has 2 heterocycles. The van der Waals surface area contributed by atoms with Crippen molar-refractivity contribution in [1.29, 1.82) is 0 Å². The summed E-state index contributed by atoms with van der Waals surface area (Å²) in [5.41, 5.74) is 2.12. The Hall–Kier alpha value is -3.00. The third kappa shape index (κ3) is 3.11. The number of rotatable bonds is 4. The van der Waals surface area contributed by atoms with E-state index in [4.69, 9.17) is 11.6 Å². The molecule has 0 aliphatic carbocycles. The predicted octanol–water partition coefficient (Wildman–Crippen LogP) is 3.98. The number of nitrogens with zero attached hydrogens (tertiary/aromatic N) is 4. The number of nitrogens with one attached hydrogen (secondary N) is 1. The molecule has 2 aromatic carbocycles. The third-order valence-electron chi connectivity index (χ3n) is 3.94. The summed E-state index contributed by atoms with van der Waals surface area (Å²) in [6, 6.07) is 13.3. The van der Waals surface area contributed by atoms with Crippen molar-refractivity contribution < 1.29 is 13.5 Å². The van der Waals surface area contributed by atoms with Gasteiger partial charge in [0.1, 0.15) is 11.8 Å². The maximum atomic E-state index is 12.8. The molecule has 132 valence electrons. The number of hydrogen-bond acceptors (Lipinski definition) is 5. The van der Waals surface area contributed by atoms with Crippen molar-refractivity contribution in [1.82, 2.24) is 20.2 Å². The molecule has 4 rings (SSSR count). The van der Waals surface area contributed by atoms with Crippen LogP contribution in [0.2, 0.25) is 5.02 Å². The first-order chi connectivity index (χ1) is 12.6. The van der Waals surface area contributed by atoms with Gasteiger partial charge in [0.2, 0.25) is 5.95 Å². The summed E-state index contributed by atoms with van der Waals surface area (Å²) in [6.07, 6.45) is 1.85. The molecule has 9 heteroatoms. The fraction of sp³-hybridized carbons (Fsp3) is 0.118. The van der Waals surface area contributed by atoms with E-state index in [1.54, 1.807) is 30.3 Å². The lowest BCUT2D eigenvalue weighted by Crippen LogP contribution is -2.21. The number of anilines is 1. The number of allylic oxidation sites excluding steroid dienone is 1. The second kappa shape index (κ2) is 6.72. The highest BCUT2D eigenvalue weighted by atomic mass is 35.5. The third-order valence-corrected chi connectivity index (χ3v) is 4.19. The monoisotopic (exact) mass is 375 g/mol. The van der Waals surface area contributed by atoms with Crippen LogP contribution < -0.4 is 10.1 Å². The molecule has 1 aromatic heterocycles. The second-order valence-corrected chi connectivity index (χ2v) is 5.96. The van der Waals surface area contributed by atoms with Crippen LogP contribution in [-0.4, -0.2) is 26.8 Å². The molecule has 1 N–H and O–H groups in total. The summed E-state index contributed by atoms with van der Waals surface area (Å²) >= 11 is 5.94. The Morgan fingerprint density at radius 3 is 2.65 bits per heavy atom. The fourth-order valence-electron chi connectivity index (χ4n) is 2.80. The van der Waals surface area contributed by atoms with E-state index < -0.39 is 12.7 Å². The molecule has 1 unspecified atom stereocenters. The summed E-state index contributed by atoms with van der Waals surface area (Å²) in [6.45, 7) is -2.93. The molecule has 0 saturated heterocycles. The Balaban J connectivity index is 1.81. The number of hydrogen-bond donors (Lipinski definition) is 1. The molecular formula is C17H12ClF2N5O. The summed E-state index contributed by atoms with van der Waals surface area (Å²) in [4.78, 5) is 0. The fourth-order valence-corrected chi connectivity index (χ4v) is 2.93. The number of ether oxygens (including phenoxy) is 1. The Bertz CT molecular complexity index is 958. The van der Waals surface area contributed by atoms with E-state index in [2.05, 4.69) is 25.6 Å². The Morgan fingerprint density at radius 2 is 1.88 bits per heavy atom. The average molecular weight is 376 g/mol. The van der Waals surface area contributed by atoms with Gasteiger partial charge in [-0.2, -0.15) is 13.5 Å². The summed E-state index contributed by atoms with van der Waals surface area (Å²) < 4.78 is 31.7. The zero-order valence-electron chi connectivity index (χ0n) is 13.2. The number of benzene rings is 2. The minimum atomic E-state index is -2.93. The van der Waals surface area contributed by atoms with Crippen molar-refractivity contribution in [2.75, 3.05) is 5.32 Å². The van der Waals surface area contributed by atoms with E-state index in [0.717, 1.165) is 11.3 Å². The Labute approximate surface area is 152 Å². The van der Waals surface area contributed by atoms with Crippen LogP contribution in [0, 0.1) is 0 Å². The molecule has 0 saturated carbocycles. The Morgan fingerprint density at radius 1 is 1.12 bits per heavy atom. The normalized spacial score (nSPS) is 16.0. The van der Waals surface area contributed by atoms with E-state index in [0.29, 0.717) is 16.5 Å². The first-order valence-corrected chi connectivity index (χ1v) is 8.06. The molecule has 0 radical (unpaired) electrons. The molecule has 0 amide bonds. The minimum Gasteiger partial charge on any atom is -0.434 e. The van der Waals surface area contributed by atoms with Gasteiger partial charge in [0, 0.05) is 16.3 Å². The first kappa shape index (κ1) is 16.5. The van der Waals surface area contributed by atoms with E-state index in [9.17, 15) is 8.78 Å². The highest BCUT2D eigenvalue weighted by Gasteiger charge is 2.27. The molecule has 1 aliphatic rings. The van der Waals surface area contributed by atoms with Crippen molar-refractivity contribution in [3.8, 4) is 5.75 Å². The van der Waals surface area contributed by atoms with Crippen LogP contribution in [0.3, 0.4) is 0 Å². The van der Waals surface area contributed by atoms with E-state index in [-0.39, 0.29) is 5.75 Å². The molecule has 1 aliphatic heterocycles. The maximum Gasteiger partial charge on any atom is 0.387 e. The second-order valence-electron chi connectivity index (χ2n) is 5.52. The zero-order valence-corrected chi connectivity index (χ0v) is 13.9. The van der Waals surface area contributed by atoms with Gasteiger partial charge < -0.3 is 10.1 Å². The highest BCUT2D eigenvalue weighted by molar-refractivity contribution is 6.30. The van der Waals surface area contributed by atoms with Gasteiger partial charge in [0.15, 0.2) is 0 Å². The van der Waals surface area contributed by atoms with Crippen molar-refractivity contribution >= 4 is 23.2 Å². The number of alkyl halides is 2. The van der Waals surface area contributed by atoms with Gasteiger partial charge in [-0.15, -0.1) is 0 Å². The van der Waals surface area contributed by atoms with Crippen LogP contribution in [0.1, 0.15) is 17.2 Å². The van der Waals surface area contributed by atoms with E-state index in [1.165, 1.54) is 10.7 Å². The van der Waals surface area contributed by atoms with Crippen LogP contribution in [-0.2, 0) is 0 Å². The number of fused-ring (bicyclic) bond motifs is 1. The van der Waals surface area contributed by atoms with Crippen LogP contribution >= 0.6 is 11.6 Å². The van der Waals surface area contributed by atoms with E-state index in [1.807, 2.05) is 18.2 Å². The quantitative estimate of drug-likeness (QED) is 0.747. The smallest absolute Gasteiger partial charge is 0.387 e. The summed E-state index contributed by atoms with van der Waals surface area (Å²) in [7, 11) is 0. The largest absolute Gasteiger partial charge is 0.434 e. The standard InChI is InChI=1S/C17H12ClF2N5O/c18-11-7-5-10(6-8-11)13-9-14(25-17(21-13)22-23-24-25)12-3-1-2-4-15(12)26-16(19)20/h1-9,14,16H,(H,21,22,24). The molecule has 26 heavy (non-hydrogen) atoms. The first-order valence-electron chi connectivity index (χ1n) is 7.68. The molecule has 0 bridgehead atoms. The minimum absolute atomic E-state index is 0.0718. The van der Waals surface area contributed by atoms with Crippen molar-refractivity contribution in [2.24, 2.45) is 0 Å². The average Bonchev–Trinajstić information content (AvgIpc) is 3.10. The van der Waals surface area contributed by atoms with Crippen molar-refractivity contribution in [2.45, 2.75) is 12.7 Å². The van der Waals surface area contributed by atoms with E-state index >= 15 is 0 Å². The lowest BCUT2D eigenvalue weighted by Gasteiger charge is -2.24. The van der Waals surface area contributed by atoms with Gasteiger partial charge in [-0.3, -0.25) is 0 Å². The lowest BCUT2D eigenvalue weighted by molar-refractivity contribution is -0.0506. The topological polar surface area (TPSA) is 64.9 Å². The SMILES string of the molecule is FC(F)Oc1ccccc1C1C=C(c2ccc(Cl)cc2)Nc2nnnn21. The van der Waals surface area contributed by atoms with Gasteiger partial charge in [0.05, 0.1) is 0 Å². The molecule has 0 spiro atoms. The van der Waals surface area contributed by atoms with Gasteiger partial charge in [-0.25, -0.2) is 0 Å². The van der Waals surface area contributed by atoms with Gasteiger partial charge in [0.25, 0.3) is 0 Å². The molecule has 3 aromatic rings. The van der Waals surface area contributed by atoms with Crippen molar-refractivity contribution in [3.05, 3.63) is 70.8 Å². The van der Waals surface area contributed by atoms with Crippen molar-refractivity contribution in [3.63, 3.8) is 0 Å². The number of tetrazole rings is 1. The van der Waals surface area contributed by atoms with Crippen LogP contribution in [0.5, 0.6) is 5.75 Å². The molecule has 1 atom stereocenters. The predicted molar refractivity (Wildman–Crippen MR) is 92.1 cm³/mol.